The first-order chi connectivity index (χ1) is 18.2. The molecule has 39 heavy (non-hydrogen) atoms. The summed E-state index contributed by atoms with van der Waals surface area (Å²) < 4.78 is 9.16. The quantitative estimate of drug-likeness (QED) is 0.484. The molecule has 5 rings (SSSR count). The molecule has 2 unspecified atom stereocenters. The number of aliphatic hydroxyl groups is 1. The van der Waals surface area contributed by atoms with Crippen molar-refractivity contribution in [3.63, 3.8) is 0 Å². The highest BCUT2D eigenvalue weighted by Gasteiger charge is 2.46. The van der Waals surface area contributed by atoms with E-state index in [-0.39, 0.29) is 17.1 Å². The van der Waals surface area contributed by atoms with Crippen molar-refractivity contribution < 1.29 is 9.84 Å². The summed E-state index contributed by atoms with van der Waals surface area (Å²) in [4.78, 5) is 22.4. The Morgan fingerprint density at radius 3 is 2.49 bits per heavy atom. The van der Waals surface area contributed by atoms with Gasteiger partial charge in [-0.1, -0.05) is 26.8 Å². The predicted octanol–water partition coefficient (Wildman–Crippen LogP) is 3.67. The lowest BCUT2D eigenvalue weighted by Gasteiger charge is -2.38. The second-order valence-corrected chi connectivity index (χ2v) is 13.2. The number of aryl methyl sites for hydroxylation is 1. The molecule has 0 radical (unpaired) electrons. The molecule has 3 aromatic rings. The molecule has 4 heterocycles. The highest BCUT2D eigenvalue weighted by molar-refractivity contribution is 5.78. The van der Waals surface area contributed by atoms with Gasteiger partial charge in [0.25, 0.3) is 0 Å². The number of hydrogen-bond donors (Lipinski definition) is 1. The van der Waals surface area contributed by atoms with E-state index < -0.39 is 12.0 Å². The van der Waals surface area contributed by atoms with E-state index in [1.54, 1.807) is 16.2 Å². The zero-order valence-corrected chi connectivity index (χ0v) is 24.1. The zero-order chi connectivity index (χ0) is 28.3. The topological polar surface area (TPSA) is 99.5 Å². The molecule has 9 nitrogen and oxygen atoms in total. The van der Waals surface area contributed by atoms with Crippen LogP contribution in [-0.2, 0) is 24.9 Å². The molecule has 2 fully saturated rings. The highest BCUT2D eigenvalue weighted by Crippen LogP contribution is 2.35. The van der Waals surface area contributed by atoms with Crippen molar-refractivity contribution in [1.82, 2.24) is 23.9 Å². The van der Waals surface area contributed by atoms with Crippen LogP contribution in [0.1, 0.15) is 59.1 Å². The first-order valence-corrected chi connectivity index (χ1v) is 13.7. The number of rotatable bonds is 6. The smallest absolute Gasteiger partial charge is 0.330 e. The maximum Gasteiger partial charge on any atom is 0.330 e. The molecule has 2 aromatic heterocycles. The molecule has 9 heteroatoms. The lowest BCUT2D eigenvalue weighted by atomic mass is 9.97. The Labute approximate surface area is 230 Å². The van der Waals surface area contributed by atoms with Crippen LogP contribution in [0.5, 0.6) is 0 Å². The van der Waals surface area contributed by atoms with Gasteiger partial charge in [0.05, 0.1) is 28.4 Å². The van der Waals surface area contributed by atoms with E-state index in [0.717, 1.165) is 42.7 Å². The maximum atomic E-state index is 13.0. The van der Waals surface area contributed by atoms with Gasteiger partial charge in [0, 0.05) is 50.9 Å². The average molecular weight is 533 g/mol. The second-order valence-electron chi connectivity index (χ2n) is 13.2. The number of piperazine rings is 1. The number of aliphatic hydroxyl groups excluding tert-OH is 1. The van der Waals surface area contributed by atoms with Gasteiger partial charge in [0.1, 0.15) is 0 Å². The summed E-state index contributed by atoms with van der Waals surface area (Å²) in [5, 5.41) is 20.5. The van der Waals surface area contributed by atoms with E-state index in [4.69, 9.17) is 9.72 Å². The molecule has 2 aliphatic heterocycles. The van der Waals surface area contributed by atoms with Gasteiger partial charge < -0.3 is 9.84 Å². The van der Waals surface area contributed by atoms with Gasteiger partial charge in [-0.15, -0.1) is 0 Å². The molecular formula is C30H40N6O3. The lowest BCUT2D eigenvalue weighted by Crippen LogP contribution is -2.52. The van der Waals surface area contributed by atoms with Gasteiger partial charge in [-0.05, 0) is 62.4 Å². The van der Waals surface area contributed by atoms with Crippen LogP contribution in [0.3, 0.4) is 0 Å². The minimum Gasteiger partial charge on any atom is -0.356 e. The van der Waals surface area contributed by atoms with Crippen molar-refractivity contribution in [2.45, 2.75) is 85.2 Å². The summed E-state index contributed by atoms with van der Waals surface area (Å²) >= 11 is 0. The summed E-state index contributed by atoms with van der Waals surface area (Å²) in [5.74, 6) is 0. The van der Waals surface area contributed by atoms with Crippen LogP contribution < -0.4 is 5.69 Å². The molecule has 0 amide bonds. The van der Waals surface area contributed by atoms with Gasteiger partial charge in [-0.3, -0.25) is 14.0 Å². The van der Waals surface area contributed by atoms with E-state index in [0.29, 0.717) is 29.5 Å². The minimum atomic E-state index is -0.890. The van der Waals surface area contributed by atoms with Crippen LogP contribution >= 0.6 is 0 Å². The van der Waals surface area contributed by atoms with Crippen molar-refractivity contribution in [2.24, 2.45) is 12.5 Å². The van der Waals surface area contributed by atoms with Gasteiger partial charge in [-0.2, -0.15) is 5.26 Å². The number of aromatic nitrogens is 3. The number of ether oxygens (including phenoxy) is 1. The molecule has 0 saturated carbocycles. The third-order valence-corrected chi connectivity index (χ3v) is 7.62. The molecule has 1 aromatic carbocycles. The lowest BCUT2D eigenvalue weighted by molar-refractivity contribution is -0.246. The normalized spacial score (nSPS) is 21.1. The van der Waals surface area contributed by atoms with E-state index in [9.17, 15) is 15.2 Å². The monoisotopic (exact) mass is 532 g/mol. The SMILES string of the molecule is Cn1c(=O)n(CC(C)(C)C)c2ccc(-c3cc(CN4CC5C[C@H]4CN5C(O)OC(C)(C)C)ccc3C#N)nc21. The standard InChI is InChI=1S/C30H40N6O3/c1-29(2,3)18-36-25-11-10-24(32-26(25)33(7)27(36)37)23-12-19(8-9-20(23)14-31)15-34-16-22-13-21(34)17-35(22)28(38)39-30(4,5)6/h8-12,21-22,28,38H,13,15-18H2,1-7H3/t21-,22?,28?/m0/s1. The fourth-order valence-corrected chi connectivity index (χ4v) is 5.91. The number of imidazole rings is 1. The van der Waals surface area contributed by atoms with Crippen LogP contribution in [-0.4, -0.2) is 66.2 Å². The summed E-state index contributed by atoms with van der Waals surface area (Å²) in [6, 6.07) is 12.7. The number of nitrogens with zero attached hydrogens (tertiary/aromatic N) is 6. The summed E-state index contributed by atoms with van der Waals surface area (Å²) in [6.45, 7) is 15.2. The summed E-state index contributed by atoms with van der Waals surface area (Å²) in [6.07, 6.45) is 0.116. The first-order valence-electron chi connectivity index (χ1n) is 13.7. The summed E-state index contributed by atoms with van der Waals surface area (Å²) in [5.41, 5.74) is 3.98. The Morgan fingerprint density at radius 2 is 1.87 bits per heavy atom. The van der Waals surface area contributed by atoms with Gasteiger partial charge in [0.15, 0.2) is 5.65 Å². The molecule has 2 bridgehead atoms. The van der Waals surface area contributed by atoms with Crippen molar-refractivity contribution in [2.75, 3.05) is 13.1 Å². The van der Waals surface area contributed by atoms with Gasteiger partial charge in [0.2, 0.25) is 6.41 Å². The molecule has 208 valence electrons. The van der Waals surface area contributed by atoms with Crippen LogP contribution in [0, 0.1) is 16.7 Å². The Bertz CT molecular complexity index is 1490. The Balaban J connectivity index is 1.38. The molecule has 3 atom stereocenters. The van der Waals surface area contributed by atoms with Crippen molar-refractivity contribution in [1.29, 1.82) is 5.26 Å². The third-order valence-electron chi connectivity index (χ3n) is 7.62. The molecule has 0 spiro atoms. The van der Waals surface area contributed by atoms with E-state index >= 15 is 0 Å². The van der Waals surface area contributed by atoms with Crippen molar-refractivity contribution in [3.8, 4) is 17.3 Å². The molecule has 2 saturated heterocycles. The second kappa shape index (κ2) is 9.86. The zero-order valence-electron chi connectivity index (χ0n) is 24.1. The summed E-state index contributed by atoms with van der Waals surface area (Å²) in [7, 11) is 1.75. The number of nitriles is 1. The number of hydrogen-bond acceptors (Lipinski definition) is 7. The van der Waals surface area contributed by atoms with E-state index in [1.807, 2.05) is 45.0 Å². The number of benzene rings is 1. The fraction of sp³-hybridized carbons (Fsp3) is 0.567. The molecule has 2 aliphatic rings. The van der Waals surface area contributed by atoms with Crippen molar-refractivity contribution >= 4 is 11.2 Å². The molecule has 0 aliphatic carbocycles. The minimum absolute atomic E-state index is 0.0527. The maximum absolute atomic E-state index is 13.0. The van der Waals surface area contributed by atoms with Crippen LogP contribution in [0.2, 0.25) is 0 Å². The van der Waals surface area contributed by atoms with E-state index in [1.165, 1.54) is 0 Å². The van der Waals surface area contributed by atoms with E-state index in [2.05, 4.69) is 42.7 Å². The average Bonchev–Trinajstić information content (AvgIpc) is 3.51. The predicted molar refractivity (Wildman–Crippen MR) is 151 cm³/mol. The Kier molecular flexibility index (Phi) is 6.96. The van der Waals surface area contributed by atoms with Gasteiger partial charge in [-0.25, -0.2) is 14.7 Å². The third kappa shape index (κ3) is 5.52. The van der Waals surface area contributed by atoms with Gasteiger partial charge >= 0.3 is 5.69 Å². The fourth-order valence-electron chi connectivity index (χ4n) is 5.91. The number of fused-ring (bicyclic) bond motifs is 3. The van der Waals surface area contributed by atoms with Crippen LogP contribution in [0.15, 0.2) is 35.1 Å². The molecule has 1 N–H and O–H groups in total. The molecular weight excluding hydrogens is 492 g/mol. The Hall–Kier alpha value is -3.03. The van der Waals surface area contributed by atoms with Crippen LogP contribution in [0.25, 0.3) is 22.4 Å². The number of likely N-dealkylation sites (tertiary alicyclic amines) is 2. The first kappa shape index (κ1) is 27.5. The number of pyridine rings is 1. The van der Waals surface area contributed by atoms with Crippen molar-refractivity contribution in [3.05, 3.63) is 51.9 Å². The highest BCUT2D eigenvalue weighted by atomic mass is 16.6. The Morgan fingerprint density at radius 1 is 1.13 bits per heavy atom. The largest absolute Gasteiger partial charge is 0.356 e. The van der Waals surface area contributed by atoms with Crippen LogP contribution in [0.4, 0.5) is 0 Å².